The van der Waals surface area contributed by atoms with E-state index in [2.05, 4.69) is 19.2 Å². The molecular weight excluding hydrogens is 210 g/mol. The first-order valence-electron chi connectivity index (χ1n) is 7.53. The van der Waals surface area contributed by atoms with Crippen molar-refractivity contribution in [3.8, 4) is 0 Å². The second-order valence-corrected chi connectivity index (χ2v) is 4.98. The normalized spacial score (nSPS) is 12.4. The van der Waals surface area contributed by atoms with Gasteiger partial charge < -0.3 is 5.32 Å². The van der Waals surface area contributed by atoms with Crippen molar-refractivity contribution in [2.75, 3.05) is 0 Å². The fourth-order valence-electron chi connectivity index (χ4n) is 2.08. The molecule has 0 heterocycles. The van der Waals surface area contributed by atoms with E-state index in [1.54, 1.807) is 0 Å². The zero-order valence-corrected chi connectivity index (χ0v) is 12.1. The molecule has 1 amide bonds. The van der Waals surface area contributed by atoms with Crippen LogP contribution < -0.4 is 5.32 Å². The minimum atomic E-state index is 0.227. The molecule has 0 aliphatic heterocycles. The minimum absolute atomic E-state index is 0.227. The molecule has 0 bridgehead atoms. The van der Waals surface area contributed by atoms with Crippen molar-refractivity contribution < 1.29 is 4.79 Å². The van der Waals surface area contributed by atoms with Gasteiger partial charge in [-0.1, -0.05) is 59.3 Å². The van der Waals surface area contributed by atoms with Gasteiger partial charge in [-0.15, -0.1) is 0 Å². The summed E-state index contributed by atoms with van der Waals surface area (Å²) in [6.07, 6.45) is 11.8. The van der Waals surface area contributed by atoms with Crippen LogP contribution in [0.15, 0.2) is 0 Å². The number of hydrogen-bond donors (Lipinski definition) is 1. The van der Waals surface area contributed by atoms with Gasteiger partial charge in [0.05, 0.1) is 0 Å². The molecule has 0 aromatic heterocycles. The SMILES string of the molecule is CCCCCCCCC(CC)NC(=O)CCC. The number of nitrogens with one attached hydrogen (secondary N) is 1. The Balaban J connectivity index is 3.50. The second-order valence-electron chi connectivity index (χ2n) is 4.98. The second kappa shape index (κ2) is 11.9. The molecule has 0 saturated heterocycles. The summed E-state index contributed by atoms with van der Waals surface area (Å²) in [6, 6.07) is 0.403. The molecule has 102 valence electrons. The van der Waals surface area contributed by atoms with Crippen LogP contribution in [0.25, 0.3) is 0 Å². The van der Waals surface area contributed by atoms with Crippen LogP contribution >= 0.6 is 0 Å². The van der Waals surface area contributed by atoms with E-state index in [1.807, 2.05) is 6.92 Å². The number of carbonyl (C=O) groups excluding carboxylic acids is 1. The Morgan fingerprint density at radius 2 is 1.59 bits per heavy atom. The summed E-state index contributed by atoms with van der Waals surface area (Å²) in [6.45, 7) is 6.46. The minimum Gasteiger partial charge on any atom is -0.353 e. The Hall–Kier alpha value is -0.530. The van der Waals surface area contributed by atoms with Gasteiger partial charge in [0, 0.05) is 12.5 Å². The lowest BCUT2D eigenvalue weighted by Gasteiger charge is -2.16. The Kier molecular flexibility index (Phi) is 11.6. The van der Waals surface area contributed by atoms with Crippen LogP contribution in [0.1, 0.15) is 85.0 Å². The molecule has 0 radical (unpaired) electrons. The van der Waals surface area contributed by atoms with E-state index in [0.29, 0.717) is 12.5 Å². The first kappa shape index (κ1) is 16.5. The van der Waals surface area contributed by atoms with Crippen molar-refractivity contribution in [3.63, 3.8) is 0 Å². The molecule has 2 nitrogen and oxygen atoms in total. The molecular formula is C15H31NO. The fraction of sp³-hybridized carbons (Fsp3) is 0.933. The summed E-state index contributed by atoms with van der Waals surface area (Å²) < 4.78 is 0. The molecule has 1 unspecified atom stereocenters. The lowest BCUT2D eigenvalue weighted by molar-refractivity contribution is -0.121. The summed E-state index contributed by atoms with van der Waals surface area (Å²) in [7, 11) is 0. The first-order chi connectivity index (χ1) is 8.24. The molecule has 0 fully saturated rings. The van der Waals surface area contributed by atoms with Crippen LogP contribution in [-0.4, -0.2) is 11.9 Å². The third-order valence-corrected chi connectivity index (χ3v) is 3.24. The smallest absolute Gasteiger partial charge is 0.220 e. The molecule has 0 aliphatic carbocycles. The van der Waals surface area contributed by atoms with Gasteiger partial charge in [0.2, 0.25) is 5.91 Å². The van der Waals surface area contributed by atoms with Gasteiger partial charge >= 0.3 is 0 Å². The maximum absolute atomic E-state index is 11.5. The molecule has 0 spiro atoms. The van der Waals surface area contributed by atoms with E-state index in [9.17, 15) is 4.79 Å². The van der Waals surface area contributed by atoms with Crippen molar-refractivity contribution in [1.82, 2.24) is 5.32 Å². The highest BCUT2D eigenvalue weighted by Gasteiger charge is 2.08. The first-order valence-corrected chi connectivity index (χ1v) is 7.53. The van der Waals surface area contributed by atoms with Gasteiger partial charge in [-0.2, -0.15) is 0 Å². The van der Waals surface area contributed by atoms with Crippen molar-refractivity contribution in [3.05, 3.63) is 0 Å². The van der Waals surface area contributed by atoms with E-state index in [-0.39, 0.29) is 5.91 Å². The number of unbranched alkanes of at least 4 members (excludes halogenated alkanes) is 5. The molecule has 2 heteroatoms. The van der Waals surface area contributed by atoms with Crippen LogP contribution in [0, 0.1) is 0 Å². The highest BCUT2D eigenvalue weighted by atomic mass is 16.1. The Morgan fingerprint density at radius 3 is 2.18 bits per heavy atom. The van der Waals surface area contributed by atoms with E-state index < -0.39 is 0 Å². The average Bonchev–Trinajstić information content (AvgIpc) is 2.32. The third-order valence-electron chi connectivity index (χ3n) is 3.24. The fourth-order valence-corrected chi connectivity index (χ4v) is 2.08. The Morgan fingerprint density at radius 1 is 0.941 bits per heavy atom. The van der Waals surface area contributed by atoms with Crippen molar-refractivity contribution in [2.45, 2.75) is 91.0 Å². The predicted octanol–water partition coefficient (Wildman–Crippen LogP) is 4.43. The molecule has 1 atom stereocenters. The summed E-state index contributed by atoms with van der Waals surface area (Å²) >= 11 is 0. The number of hydrogen-bond acceptors (Lipinski definition) is 1. The zero-order valence-electron chi connectivity index (χ0n) is 12.1. The number of amides is 1. The highest BCUT2D eigenvalue weighted by Crippen LogP contribution is 2.10. The van der Waals surface area contributed by atoms with E-state index in [1.165, 1.54) is 38.5 Å². The van der Waals surface area contributed by atoms with Gasteiger partial charge in [0.25, 0.3) is 0 Å². The van der Waals surface area contributed by atoms with Gasteiger partial charge in [-0.3, -0.25) is 4.79 Å². The highest BCUT2D eigenvalue weighted by molar-refractivity contribution is 5.76. The quantitative estimate of drug-likeness (QED) is 0.533. The third kappa shape index (κ3) is 10.3. The zero-order chi connectivity index (χ0) is 12.9. The van der Waals surface area contributed by atoms with E-state index in [4.69, 9.17) is 0 Å². The Bertz CT molecular complexity index is 180. The Labute approximate surface area is 108 Å². The van der Waals surface area contributed by atoms with Gasteiger partial charge in [-0.05, 0) is 19.3 Å². The monoisotopic (exact) mass is 241 g/mol. The molecule has 1 N–H and O–H groups in total. The van der Waals surface area contributed by atoms with Gasteiger partial charge in [0.1, 0.15) is 0 Å². The van der Waals surface area contributed by atoms with Gasteiger partial charge in [0.15, 0.2) is 0 Å². The lowest BCUT2D eigenvalue weighted by Crippen LogP contribution is -2.34. The maximum Gasteiger partial charge on any atom is 0.220 e. The van der Waals surface area contributed by atoms with Crippen molar-refractivity contribution in [1.29, 1.82) is 0 Å². The largest absolute Gasteiger partial charge is 0.353 e. The van der Waals surface area contributed by atoms with Gasteiger partial charge in [-0.25, -0.2) is 0 Å². The van der Waals surface area contributed by atoms with Crippen molar-refractivity contribution >= 4 is 5.91 Å². The lowest BCUT2D eigenvalue weighted by atomic mass is 10.0. The molecule has 0 rings (SSSR count). The predicted molar refractivity (Wildman–Crippen MR) is 75.1 cm³/mol. The standard InChI is InChI=1S/C15H31NO/c1-4-7-8-9-10-11-13-14(6-3)16-15(17)12-5-2/h14H,4-13H2,1-3H3,(H,16,17). The van der Waals surface area contributed by atoms with Crippen molar-refractivity contribution in [2.24, 2.45) is 0 Å². The molecule has 17 heavy (non-hydrogen) atoms. The summed E-state index contributed by atoms with van der Waals surface area (Å²) in [5.41, 5.74) is 0. The maximum atomic E-state index is 11.5. The van der Waals surface area contributed by atoms with Crippen LogP contribution in [0.5, 0.6) is 0 Å². The van der Waals surface area contributed by atoms with E-state index >= 15 is 0 Å². The van der Waals surface area contributed by atoms with E-state index in [0.717, 1.165) is 19.3 Å². The average molecular weight is 241 g/mol. The number of rotatable bonds is 11. The summed E-state index contributed by atoms with van der Waals surface area (Å²) in [4.78, 5) is 11.5. The van der Waals surface area contributed by atoms with Crippen LogP contribution in [0.2, 0.25) is 0 Å². The molecule has 0 saturated carbocycles. The molecule has 0 aromatic carbocycles. The van der Waals surface area contributed by atoms with Crippen LogP contribution in [0.3, 0.4) is 0 Å². The summed E-state index contributed by atoms with van der Waals surface area (Å²) in [5.74, 6) is 0.227. The number of carbonyl (C=O) groups is 1. The molecule has 0 aliphatic rings. The summed E-state index contributed by atoms with van der Waals surface area (Å²) in [5, 5.41) is 3.13. The van der Waals surface area contributed by atoms with Crippen LogP contribution in [-0.2, 0) is 4.79 Å². The van der Waals surface area contributed by atoms with Crippen LogP contribution in [0.4, 0.5) is 0 Å². The molecule has 0 aromatic rings. The topological polar surface area (TPSA) is 29.1 Å².